The van der Waals surface area contributed by atoms with E-state index in [0.717, 1.165) is 15.8 Å². The zero-order valence-corrected chi connectivity index (χ0v) is 15.1. The second kappa shape index (κ2) is 8.30. The molecule has 0 unspecified atom stereocenters. The summed E-state index contributed by atoms with van der Waals surface area (Å²) in [6.07, 6.45) is 1.49. The van der Waals surface area contributed by atoms with Crippen LogP contribution in [0.15, 0.2) is 47.6 Å². The number of amides is 1. The molecule has 1 amide bonds. The van der Waals surface area contributed by atoms with Crippen LogP contribution in [0.4, 0.5) is 5.13 Å². The van der Waals surface area contributed by atoms with E-state index in [0.29, 0.717) is 16.6 Å². The molecule has 2 aromatic carbocycles. The quantitative estimate of drug-likeness (QED) is 0.509. The van der Waals surface area contributed by atoms with Crippen molar-refractivity contribution < 1.29 is 19.1 Å². The van der Waals surface area contributed by atoms with Gasteiger partial charge in [-0.25, -0.2) is 4.98 Å². The number of rotatable bonds is 7. The summed E-state index contributed by atoms with van der Waals surface area (Å²) in [4.78, 5) is 21.3. The highest BCUT2D eigenvalue weighted by atomic mass is 32.1. The smallest absolute Gasteiger partial charge is 0.266 e. The number of para-hydroxylation sites is 1. The summed E-state index contributed by atoms with van der Waals surface area (Å²) in [5.41, 5.74) is 1.61. The Morgan fingerprint density at radius 1 is 1.19 bits per heavy atom. The lowest BCUT2D eigenvalue weighted by molar-refractivity contribution is -0.120. The first-order valence-electron chi connectivity index (χ1n) is 7.72. The number of fused-ring (bicyclic) bond motifs is 1. The number of oxime groups is 1. The monoisotopic (exact) mass is 371 g/mol. The van der Waals surface area contributed by atoms with Crippen LogP contribution in [0.2, 0.25) is 0 Å². The van der Waals surface area contributed by atoms with Gasteiger partial charge < -0.3 is 14.3 Å². The van der Waals surface area contributed by atoms with Gasteiger partial charge in [0, 0.05) is 5.56 Å². The van der Waals surface area contributed by atoms with Crippen molar-refractivity contribution in [3.05, 3.63) is 48.0 Å². The van der Waals surface area contributed by atoms with E-state index in [1.54, 1.807) is 32.4 Å². The Morgan fingerprint density at radius 3 is 2.77 bits per heavy atom. The number of carbonyl (C=O) groups is 1. The molecule has 0 fully saturated rings. The van der Waals surface area contributed by atoms with Gasteiger partial charge in [-0.1, -0.05) is 28.6 Å². The molecule has 0 atom stereocenters. The Bertz CT molecular complexity index is 906. The number of aromatic nitrogens is 1. The van der Waals surface area contributed by atoms with E-state index in [2.05, 4.69) is 15.5 Å². The molecule has 1 N–H and O–H groups in total. The molecule has 0 saturated carbocycles. The van der Waals surface area contributed by atoms with Gasteiger partial charge in [0.05, 0.1) is 30.7 Å². The molecular weight excluding hydrogens is 354 g/mol. The second-order valence-electron chi connectivity index (χ2n) is 5.16. The largest absolute Gasteiger partial charge is 0.493 e. The van der Waals surface area contributed by atoms with E-state index in [9.17, 15) is 4.79 Å². The first kappa shape index (κ1) is 17.7. The lowest BCUT2D eigenvalue weighted by Gasteiger charge is -2.07. The number of hydrogen-bond acceptors (Lipinski definition) is 7. The Labute approximate surface area is 154 Å². The van der Waals surface area contributed by atoms with E-state index >= 15 is 0 Å². The number of benzene rings is 2. The molecule has 1 aromatic heterocycles. The fourth-order valence-corrected chi connectivity index (χ4v) is 3.09. The fourth-order valence-electron chi connectivity index (χ4n) is 2.21. The van der Waals surface area contributed by atoms with E-state index in [-0.39, 0.29) is 12.5 Å². The molecule has 26 heavy (non-hydrogen) atoms. The minimum Gasteiger partial charge on any atom is -0.493 e. The molecule has 3 rings (SSSR count). The third-order valence-electron chi connectivity index (χ3n) is 3.42. The third kappa shape index (κ3) is 4.28. The summed E-state index contributed by atoms with van der Waals surface area (Å²) in [7, 11) is 3.13. The zero-order chi connectivity index (χ0) is 18.4. The van der Waals surface area contributed by atoms with Gasteiger partial charge in [0.2, 0.25) is 0 Å². The van der Waals surface area contributed by atoms with Gasteiger partial charge in [-0.3, -0.25) is 10.1 Å². The number of thiazole rings is 1. The van der Waals surface area contributed by atoms with Gasteiger partial charge in [-0.2, -0.15) is 0 Å². The number of methoxy groups -OCH3 is 2. The molecule has 1 heterocycles. The molecule has 0 aliphatic carbocycles. The van der Waals surface area contributed by atoms with Gasteiger partial charge in [-0.05, 0) is 30.3 Å². The molecule has 0 spiro atoms. The highest BCUT2D eigenvalue weighted by Crippen LogP contribution is 2.27. The molecule has 8 heteroatoms. The van der Waals surface area contributed by atoms with Crippen LogP contribution in [0, 0.1) is 0 Å². The van der Waals surface area contributed by atoms with Crippen LogP contribution in [0.1, 0.15) is 5.56 Å². The number of carbonyl (C=O) groups excluding carboxylic acids is 1. The van der Waals surface area contributed by atoms with Crippen molar-refractivity contribution in [3.63, 3.8) is 0 Å². The average molecular weight is 371 g/mol. The number of hydrogen-bond donors (Lipinski definition) is 1. The van der Waals surface area contributed by atoms with Crippen LogP contribution in [0.3, 0.4) is 0 Å². The second-order valence-corrected chi connectivity index (χ2v) is 6.19. The average Bonchev–Trinajstić information content (AvgIpc) is 3.07. The number of ether oxygens (including phenoxy) is 2. The minimum atomic E-state index is -0.325. The van der Waals surface area contributed by atoms with Gasteiger partial charge in [0.25, 0.3) is 5.91 Å². The van der Waals surface area contributed by atoms with Crippen LogP contribution >= 0.6 is 11.3 Å². The molecule has 0 bridgehead atoms. The Balaban J connectivity index is 1.52. The third-order valence-corrected chi connectivity index (χ3v) is 4.37. The van der Waals surface area contributed by atoms with Gasteiger partial charge in [0.1, 0.15) is 0 Å². The van der Waals surface area contributed by atoms with Crippen LogP contribution in [-0.2, 0) is 9.63 Å². The lowest BCUT2D eigenvalue weighted by atomic mass is 10.2. The minimum absolute atomic E-state index is 0.209. The zero-order valence-electron chi connectivity index (χ0n) is 14.3. The van der Waals surface area contributed by atoms with Crippen molar-refractivity contribution in [1.29, 1.82) is 0 Å². The normalized spacial score (nSPS) is 10.8. The first-order chi connectivity index (χ1) is 12.7. The van der Waals surface area contributed by atoms with Crippen molar-refractivity contribution in [2.24, 2.45) is 5.16 Å². The van der Waals surface area contributed by atoms with Crippen LogP contribution in [0.5, 0.6) is 11.5 Å². The summed E-state index contributed by atoms with van der Waals surface area (Å²) in [6.45, 7) is -0.209. The van der Waals surface area contributed by atoms with Crippen LogP contribution in [-0.4, -0.2) is 37.9 Å². The van der Waals surface area contributed by atoms with Crippen molar-refractivity contribution in [1.82, 2.24) is 4.98 Å². The summed E-state index contributed by atoms with van der Waals surface area (Å²) in [5.74, 6) is 0.888. The van der Waals surface area contributed by atoms with E-state index in [1.165, 1.54) is 17.6 Å². The maximum Gasteiger partial charge on any atom is 0.266 e. The Hall–Kier alpha value is -3.13. The summed E-state index contributed by atoms with van der Waals surface area (Å²) < 4.78 is 11.4. The predicted molar refractivity (Wildman–Crippen MR) is 101 cm³/mol. The lowest BCUT2D eigenvalue weighted by Crippen LogP contribution is -2.16. The fraction of sp³-hybridized carbons (Fsp3) is 0.167. The van der Waals surface area contributed by atoms with E-state index < -0.39 is 0 Å². The van der Waals surface area contributed by atoms with Crippen LogP contribution < -0.4 is 14.8 Å². The summed E-state index contributed by atoms with van der Waals surface area (Å²) in [6, 6.07) is 13.0. The SMILES string of the molecule is COc1ccc(C=NOCC(=O)Nc2nc3ccccc3s2)cc1OC. The number of nitrogens with one attached hydrogen (secondary N) is 1. The van der Waals surface area contributed by atoms with Gasteiger partial charge >= 0.3 is 0 Å². The molecule has 0 aliphatic heterocycles. The van der Waals surface area contributed by atoms with Crippen molar-refractivity contribution in [2.45, 2.75) is 0 Å². The highest BCUT2D eigenvalue weighted by Gasteiger charge is 2.08. The summed E-state index contributed by atoms with van der Waals surface area (Å²) >= 11 is 1.41. The van der Waals surface area contributed by atoms with Gasteiger partial charge in [-0.15, -0.1) is 0 Å². The van der Waals surface area contributed by atoms with Crippen LogP contribution in [0.25, 0.3) is 10.2 Å². The molecule has 0 saturated heterocycles. The van der Waals surface area contributed by atoms with Crippen molar-refractivity contribution >= 4 is 38.8 Å². The van der Waals surface area contributed by atoms with E-state index in [1.807, 2.05) is 24.3 Å². The maximum atomic E-state index is 11.9. The first-order valence-corrected chi connectivity index (χ1v) is 8.54. The Kier molecular flexibility index (Phi) is 5.65. The molecule has 3 aromatic rings. The molecule has 134 valence electrons. The molecule has 0 radical (unpaired) electrons. The highest BCUT2D eigenvalue weighted by molar-refractivity contribution is 7.22. The van der Waals surface area contributed by atoms with E-state index in [4.69, 9.17) is 14.3 Å². The predicted octanol–water partition coefficient (Wildman–Crippen LogP) is 3.30. The Morgan fingerprint density at radius 2 is 2.00 bits per heavy atom. The van der Waals surface area contributed by atoms with Gasteiger partial charge in [0.15, 0.2) is 23.2 Å². The standard InChI is InChI=1S/C18H17N3O4S/c1-23-14-8-7-12(9-15(14)24-2)10-19-25-11-17(22)21-18-20-13-5-3-4-6-16(13)26-18/h3-10H,11H2,1-2H3,(H,20,21,22). The number of anilines is 1. The van der Waals surface area contributed by atoms with Crippen molar-refractivity contribution in [3.8, 4) is 11.5 Å². The molecule has 7 nitrogen and oxygen atoms in total. The molecular formula is C18H17N3O4S. The summed E-state index contributed by atoms with van der Waals surface area (Å²) in [5, 5.41) is 7.03. The topological polar surface area (TPSA) is 82.0 Å². The molecule has 0 aliphatic rings. The van der Waals surface area contributed by atoms with Crippen molar-refractivity contribution in [2.75, 3.05) is 26.1 Å². The number of nitrogens with zero attached hydrogens (tertiary/aromatic N) is 2. The maximum absolute atomic E-state index is 11.9.